The van der Waals surface area contributed by atoms with Crippen molar-refractivity contribution in [3.8, 4) is 22.5 Å². The largest absolute Gasteiger partial charge is 0.360 e. The molecule has 0 radical (unpaired) electrons. The molecule has 9 heteroatoms. The van der Waals surface area contributed by atoms with E-state index in [-0.39, 0.29) is 33.4 Å². The van der Waals surface area contributed by atoms with E-state index < -0.39 is 11.7 Å². The van der Waals surface area contributed by atoms with E-state index >= 15 is 0 Å². The summed E-state index contributed by atoms with van der Waals surface area (Å²) >= 11 is 7.30. The van der Waals surface area contributed by atoms with Crippen molar-refractivity contribution in [3.05, 3.63) is 75.8 Å². The maximum atomic E-state index is 14.3. The van der Waals surface area contributed by atoms with Crippen LogP contribution in [0.2, 0.25) is 5.02 Å². The lowest BCUT2D eigenvalue weighted by Gasteiger charge is -2.05. The Morgan fingerprint density at radius 2 is 1.93 bits per heavy atom. The van der Waals surface area contributed by atoms with Crippen molar-refractivity contribution in [3.63, 3.8) is 0 Å². The van der Waals surface area contributed by atoms with Crippen LogP contribution in [0.1, 0.15) is 16.1 Å². The van der Waals surface area contributed by atoms with Crippen molar-refractivity contribution >= 4 is 34.0 Å². The van der Waals surface area contributed by atoms with Crippen molar-refractivity contribution in [2.24, 2.45) is 0 Å². The van der Waals surface area contributed by atoms with Crippen LogP contribution in [0.15, 0.2) is 52.4 Å². The van der Waals surface area contributed by atoms with Gasteiger partial charge in [-0.3, -0.25) is 10.1 Å². The molecule has 0 unspecified atom stereocenters. The van der Waals surface area contributed by atoms with Gasteiger partial charge in [0.15, 0.2) is 5.13 Å². The number of benzene rings is 2. The third kappa shape index (κ3) is 3.76. The smallest absolute Gasteiger partial charge is 0.263 e. The van der Waals surface area contributed by atoms with E-state index in [2.05, 4.69) is 15.5 Å². The van der Waals surface area contributed by atoms with Crippen LogP contribution < -0.4 is 5.32 Å². The zero-order chi connectivity index (χ0) is 20.5. The Labute approximate surface area is 173 Å². The number of hydrogen-bond donors (Lipinski definition) is 1. The van der Waals surface area contributed by atoms with Crippen LogP contribution >= 0.6 is 22.9 Å². The van der Waals surface area contributed by atoms with Gasteiger partial charge in [0, 0.05) is 10.9 Å². The maximum absolute atomic E-state index is 14.3. The second kappa shape index (κ2) is 7.73. The number of aryl methyl sites for hydroxylation is 1. The van der Waals surface area contributed by atoms with E-state index in [1.807, 2.05) is 0 Å². The summed E-state index contributed by atoms with van der Waals surface area (Å²) in [6.07, 6.45) is 0. The van der Waals surface area contributed by atoms with Gasteiger partial charge in [-0.2, -0.15) is 0 Å². The maximum Gasteiger partial charge on any atom is 0.263 e. The first-order valence-corrected chi connectivity index (χ1v) is 9.63. The van der Waals surface area contributed by atoms with Gasteiger partial charge < -0.3 is 4.52 Å². The van der Waals surface area contributed by atoms with Crippen molar-refractivity contribution < 1.29 is 18.1 Å². The second-order valence-electron chi connectivity index (χ2n) is 6.06. The summed E-state index contributed by atoms with van der Waals surface area (Å²) in [7, 11) is 0. The molecule has 0 saturated heterocycles. The summed E-state index contributed by atoms with van der Waals surface area (Å²) in [5, 5.41) is 8.65. The summed E-state index contributed by atoms with van der Waals surface area (Å²) in [5.41, 5.74) is 1.36. The van der Waals surface area contributed by atoms with Crippen molar-refractivity contribution in [1.29, 1.82) is 0 Å². The van der Waals surface area contributed by atoms with Crippen molar-refractivity contribution in [2.75, 3.05) is 5.32 Å². The zero-order valence-electron chi connectivity index (χ0n) is 14.9. The molecule has 0 bridgehead atoms. The minimum atomic E-state index is -0.618. The third-order valence-electron chi connectivity index (χ3n) is 4.15. The highest BCUT2D eigenvalue weighted by atomic mass is 35.5. The molecular formula is C20H12ClF2N3O2S. The molecule has 29 heavy (non-hydrogen) atoms. The van der Waals surface area contributed by atoms with E-state index in [9.17, 15) is 13.6 Å². The lowest BCUT2D eigenvalue weighted by molar-refractivity contribution is 0.102. The second-order valence-corrected chi connectivity index (χ2v) is 7.32. The minimum absolute atomic E-state index is 0.0118. The molecule has 2 heterocycles. The molecule has 4 aromatic rings. The molecule has 0 spiro atoms. The van der Waals surface area contributed by atoms with Gasteiger partial charge in [0.1, 0.15) is 28.7 Å². The highest BCUT2D eigenvalue weighted by molar-refractivity contribution is 7.14. The van der Waals surface area contributed by atoms with Gasteiger partial charge in [0.2, 0.25) is 0 Å². The predicted octanol–water partition coefficient (Wildman–Crippen LogP) is 5.96. The van der Waals surface area contributed by atoms with Crippen LogP contribution in [-0.4, -0.2) is 16.0 Å². The quantitative estimate of drug-likeness (QED) is 0.433. The van der Waals surface area contributed by atoms with E-state index in [1.54, 1.807) is 24.4 Å². The first-order chi connectivity index (χ1) is 13.9. The molecule has 4 rings (SSSR count). The minimum Gasteiger partial charge on any atom is -0.360 e. The molecule has 0 fully saturated rings. The molecule has 5 nitrogen and oxygen atoms in total. The molecule has 1 amide bonds. The first-order valence-electron chi connectivity index (χ1n) is 8.37. The number of nitrogens with zero attached hydrogens (tertiary/aromatic N) is 2. The topological polar surface area (TPSA) is 68.0 Å². The highest BCUT2D eigenvalue weighted by Gasteiger charge is 2.26. The van der Waals surface area contributed by atoms with Crippen LogP contribution in [0, 0.1) is 18.6 Å². The number of thiazole rings is 1. The Morgan fingerprint density at radius 3 is 2.66 bits per heavy atom. The fourth-order valence-electron chi connectivity index (χ4n) is 2.78. The average molecular weight is 432 g/mol. The molecule has 146 valence electrons. The number of anilines is 1. The molecule has 2 aromatic heterocycles. The number of aromatic nitrogens is 2. The Bertz CT molecular complexity index is 1180. The molecule has 0 aliphatic rings. The number of carbonyl (C=O) groups excluding carboxylic acids is 1. The Hall–Kier alpha value is -3.10. The van der Waals surface area contributed by atoms with E-state index in [4.69, 9.17) is 16.1 Å². The highest BCUT2D eigenvalue weighted by Crippen LogP contribution is 2.34. The molecule has 0 aliphatic heterocycles. The predicted molar refractivity (Wildman–Crippen MR) is 107 cm³/mol. The fourth-order valence-corrected chi connectivity index (χ4v) is 3.75. The van der Waals surface area contributed by atoms with Gasteiger partial charge >= 0.3 is 0 Å². The normalized spacial score (nSPS) is 10.9. The Morgan fingerprint density at radius 1 is 1.17 bits per heavy atom. The zero-order valence-corrected chi connectivity index (χ0v) is 16.4. The Balaban J connectivity index is 1.64. The van der Waals surface area contributed by atoms with Crippen LogP contribution in [0.4, 0.5) is 13.9 Å². The Kier molecular flexibility index (Phi) is 5.12. The summed E-state index contributed by atoms with van der Waals surface area (Å²) < 4.78 is 32.5. The number of halogens is 3. The fraction of sp³-hybridized carbons (Fsp3) is 0.0500. The third-order valence-corrected chi connectivity index (χ3v) is 5.23. The number of hydrogen-bond acceptors (Lipinski definition) is 5. The number of carbonyl (C=O) groups is 1. The van der Waals surface area contributed by atoms with E-state index in [0.29, 0.717) is 16.4 Å². The van der Waals surface area contributed by atoms with Gasteiger partial charge in [0.25, 0.3) is 5.91 Å². The van der Waals surface area contributed by atoms with Gasteiger partial charge in [-0.1, -0.05) is 22.8 Å². The van der Waals surface area contributed by atoms with Gasteiger partial charge in [-0.05, 0) is 43.3 Å². The molecule has 1 N–H and O–H groups in total. The molecule has 0 aliphatic carbocycles. The lowest BCUT2D eigenvalue weighted by atomic mass is 10.1. The standard InChI is InChI=1S/C20H12ClF2N3O2S/c1-10-16(18(26-28-10)17-13(21)3-2-4-14(17)23)19(27)25-20-24-15(9-29-20)11-5-7-12(22)8-6-11/h2-9H,1H3,(H,24,25,27). The van der Waals surface area contributed by atoms with Crippen LogP contribution in [-0.2, 0) is 0 Å². The lowest BCUT2D eigenvalue weighted by Crippen LogP contribution is -2.13. The molecule has 0 atom stereocenters. The van der Waals surface area contributed by atoms with E-state index in [0.717, 1.165) is 0 Å². The van der Waals surface area contributed by atoms with Crippen molar-refractivity contribution in [2.45, 2.75) is 6.92 Å². The first kappa shape index (κ1) is 19.2. The van der Waals surface area contributed by atoms with E-state index in [1.165, 1.54) is 41.7 Å². The summed E-state index contributed by atoms with van der Waals surface area (Å²) in [4.78, 5) is 17.2. The average Bonchev–Trinajstić information content (AvgIpc) is 3.29. The summed E-state index contributed by atoms with van der Waals surface area (Å²) in [6.45, 7) is 1.55. The SMILES string of the molecule is Cc1onc(-c2c(F)cccc2Cl)c1C(=O)Nc1nc(-c2ccc(F)cc2)cs1. The summed E-state index contributed by atoms with van der Waals surface area (Å²) in [5.74, 6) is -1.31. The molecule has 0 saturated carbocycles. The van der Waals surface area contributed by atoms with Crippen LogP contribution in [0.5, 0.6) is 0 Å². The van der Waals surface area contributed by atoms with Gasteiger partial charge in [0.05, 0.1) is 16.3 Å². The van der Waals surface area contributed by atoms with Gasteiger partial charge in [-0.25, -0.2) is 13.8 Å². The molecule has 2 aromatic carbocycles. The number of rotatable bonds is 4. The van der Waals surface area contributed by atoms with Crippen LogP contribution in [0.3, 0.4) is 0 Å². The number of nitrogens with one attached hydrogen (secondary N) is 1. The molecular weight excluding hydrogens is 420 g/mol. The van der Waals surface area contributed by atoms with Crippen molar-refractivity contribution in [1.82, 2.24) is 10.1 Å². The summed E-state index contributed by atoms with van der Waals surface area (Å²) in [6, 6.07) is 10.0. The van der Waals surface area contributed by atoms with Gasteiger partial charge in [-0.15, -0.1) is 11.3 Å². The van der Waals surface area contributed by atoms with Crippen LogP contribution in [0.25, 0.3) is 22.5 Å². The monoisotopic (exact) mass is 431 g/mol. The number of amides is 1.